The lowest BCUT2D eigenvalue weighted by Crippen LogP contribution is -2.38. The van der Waals surface area contributed by atoms with Crippen molar-refractivity contribution >= 4 is 45.0 Å². The number of nitriles is 1. The molecular formula is C19H12BrClN4OS. The highest BCUT2D eigenvalue weighted by Crippen LogP contribution is 2.30. The maximum Gasteiger partial charge on any atom is 0.274 e. The van der Waals surface area contributed by atoms with Gasteiger partial charge in [0.25, 0.3) is 5.56 Å². The molecule has 8 heteroatoms. The Labute approximate surface area is 173 Å². The van der Waals surface area contributed by atoms with Crippen molar-refractivity contribution in [3.63, 3.8) is 0 Å². The Hall–Kier alpha value is -2.27. The Balaban J connectivity index is 1.77. The maximum absolute atomic E-state index is 13.0. The molecule has 3 aromatic rings. The zero-order valence-electron chi connectivity index (χ0n) is 13.9. The molecule has 1 aromatic heterocycles. The number of halogens is 2. The average Bonchev–Trinajstić information content (AvgIpc) is 2.69. The lowest BCUT2D eigenvalue weighted by Gasteiger charge is -2.31. The summed E-state index contributed by atoms with van der Waals surface area (Å²) < 4.78 is 2.54. The van der Waals surface area contributed by atoms with Gasteiger partial charge in [-0.25, -0.2) is 4.98 Å². The average molecular weight is 460 g/mol. The summed E-state index contributed by atoms with van der Waals surface area (Å²) in [5, 5.41) is 10.8. The molecule has 27 heavy (non-hydrogen) atoms. The van der Waals surface area contributed by atoms with E-state index in [4.69, 9.17) is 11.6 Å². The van der Waals surface area contributed by atoms with Crippen LogP contribution in [0.1, 0.15) is 5.56 Å². The number of benzene rings is 2. The van der Waals surface area contributed by atoms with Crippen LogP contribution in [-0.2, 0) is 6.67 Å². The number of aromatic nitrogens is 2. The molecule has 1 aliphatic rings. The van der Waals surface area contributed by atoms with Crippen LogP contribution in [0, 0.1) is 11.3 Å². The van der Waals surface area contributed by atoms with Crippen LogP contribution in [0.3, 0.4) is 0 Å². The van der Waals surface area contributed by atoms with E-state index in [0.717, 1.165) is 10.2 Å². The Morgan fingerprint density at radius 1 is 1.15 bits per heavy atom. The van der Waals surface area contributed by atoms with Crippen LogP contribution in [-0.4, -0.2) is 15.4 Å². The SMILES string of the molecule is N#Cc1c(-c2ccc(Cl)cc2)nc2n(c1=O)CN(c1ccc(Br)cc1)CS2. The van der Waals surface area contributed by atoms with E-state index < -0.39 is 0 Å². The first-order valence-electron chi connectivity index (χ1n) is 8.01. The first-order valence-corrected chi connectivity index (χ1v) is 10.2. The summed E-state index contributed by atoms with van der Waals surface area (Å²) in [6.45, 7) is 0.353. The van der Waals surface area contributed by atoms with E-state index in [2.05, 4.69) is 25.8 Å². The molecule has 0 bridgehead atoms. The molecule has 0 amide bonds. The molecule has 5 nitrogen and oxygen atoms in total. The van der Waals surface area contributed by atoms with Crippen molar-refractivity contribution in [3.8, 4) is 17.3 Å². The Kier molecular flexibility index (Phi) is 4.96. The minimum atomic E-state index is -0.332. The summed E-state index contributed by atoms with van der Waals surface area (Å²) in [7, 11) is 0. The van der Waals surface area contributed by atoms with Gasteiger partial charge in [-0.2, -0.15) is 5.26 Å². The molecule has 0 unspecified atom stereocenters. The van der Waals surface area contributed by atoms with Gasteiger partial charge >= 0.3 is 0 Å². The molecule has 0 saturated carbocycles. The first-order chi connectivity index (χ1) is 13.1. The van der Waals surface area contributed by atoms with Gasteiger partial charge in [-0.1, -0.05) is 51.4 Å². The highest BCUT2D eigenvalue weighted by atomic mass is 79.9. The smallest absolute Gasteiger partial charge is 0.274 e. The van der Waals surface area contributed by atoms with Crippen molar-refractivity contribution in [1.82, 2.24) is 9.55 Å². The second-order valence-corrected chi connectivity index (χ2v) is 8.17. The van der Waals surface area contributed by atoms with E-state index in [1.54, 1.807) is 28.8 Å². The third-order valence-electron chi connectivity index (χ3n) is 4.22. The summed E-state index contributed by atoms with van der Waals surface area (Å²) in [6.07, 6.45) is 0. The van der Waals surface area contributed by atoms with Crippen molar-refractivity contribution in [2.45, 2.75) is 11.8 Å². The predicted molar refractivity (Wildman–Crippen MR) is 111 cm³/mol. The Morgan fingerprint density at radius 2 is 1.85 bits per heavy atom. The molecule has 2 aromatic carbocycles. The fourth-order valence-corrected chi connectivity index (χ4v) is 4.19. The van der Waals surface area contributed by atoms with Crippen LogP contribution in [0.15, 0.2) is 63.0 Å². The van der Waals surface area contributed by atoms with Crippen molar-refractivity contribution < 1.29 is 0 Å². The number of rotatable bonds is 2. The van der Waals surface area contributed by atoms with E-state index in [0.29, 0.717) is 34.0 Å². The number of hydrogen-bond acceptors (Lipinski definition) is 5. The molecule has 134 valence electrons. The molecule has 2 heterocycles. The topological polar surface area (TPSA) is 61.9 Å². The maximum atomic E-state index is 13.0. The van der Waals surface area contributed by atoms with Crippen LogP contribution >= 0.6 is 39.3 Å². The Morgan fingerprint density at radius 3 is 2.52 bits per heavy atom. The second-order valence-electron chi connectivity index (χ2n) is 5.90. The molecule has 0 N–H and O–H groups in total. The van der Waals surface area contributed by atoms with Gasteiger partial charge in [0.2, 0.25) is 0 Å². The molecular weight excluding hydrogens is 448 g/mol. The van der Waals surface area contributed by atoms with Crippen LogP contribution < -0.4 is 10.5 Å². The second kappa shape index (κ2) is 7.39. The van der Waals surface area contributed by atoms with Gasteiger partial charge in [0, 0.05) is 20.7 Å². The van der Waals surface area contributed by atoms with Crippen LogP contribution in [0.5, 0.6) is 0 Å². The lowest BCUT2D eigenvalue weighted by molar-refractivity contribution is 0.560. The fraction of sp³-hybridized carbons (Fsp3) is 0.105. The highest BCUT2D eigenvalue weighted by molar-refractivity contribution is 9.10. The molecule has 0 saturated heterocycles. The molecule has 0 aliphatic carbocycles. The zero-order chi connectivity index (χ0) is 19.0. The Bertz CT molecular complexity index is 1110. The summed E-state index contributed by atoms with van der Waals surface area (Å²) in [4.78, 5) is 19.6. The minimum Gasteiger partial charge on any atom is -0.343 e. The van der Waals surface area contributed by atoms with E-state index in [1.165, 1.54) is 11.8 Å². The number of nitrogens with zero attached hydrogens (tertiary/aromatic N) is 4. The molecule has 0 fully saturated rings. The number of hydrogen-bond donors (Lipinski definition) is 0. The van der Waals surface area contributed by atoms with Crippen LogP contribution in [0.2, 0.25) is 5.02 Å². The molecule has 0 atom stereocenters. The summed E-state index contributed by atoms with van der Waals surface area (Å²) in [5.74, 6) is 0.667. The van der Waals surface area contributed by atoms with Crippen molar-refractivity contribution in [1.29, 1.82) is 5.26 Å². The van der Waals surface area contributed by atoms with Gasteiger partial charge < -0.3 is 4.90 Å². The van der Waals surface area contributed by atoms with Gasteiger partial charge in [0.05, 0.1) is 11.6 Å². The standard InChI is InChI=1S/C19H12BrClN4OS/c20-13-3-7-15(8-4-13)24-10-25-18(26)16(9-22)17(23-19(25)27-11-24)12-1-5-14(21)6-2-12/h1-8H,10-11H2. The molecule has 4 rings (SSSR count). The largest absolute Gasteiger partial charge is 0.343 e. The summed E-state index contributed by atoms with van der Waals surface area (Å²) in [5.41, 5.74) is 1.81. The van der Waals surface area contributed by atoms with Crippen molar-refractivity contribution in [3.05, 3.63) is 73.9 Å². The normalized spacial score (nSPS) is 13.1. The van der Waals surface area contributed by atoms with Crippen molar-refractivity contribution in [2.75, 3.05) is 10.8 Å². The third kappa shape index (κ3) is 3.48. The van der Waals surface area contributed by atoms with Crippen molar-refractivity contribution in [2.24, 2.45) is 0 Å². The van der Waals surface area contributed by atoms with Crippen LogP contribution in [0.4, 0.5) is 5.69 Å². The zero-order valence-corrected chi connectivity index (χ0v) is 17.1. The monoisotopic (exact) mass is 458 g/mol. The predicted octanol–water partition coefficient (Wildman–Crippen LogP) is 4.73. The van der Waals surface area contributed by atoms with E-state index in [1.807, 2.05) is 30.3 Å². The summed E-state index contributed by atoms with van der Waals surface area (Å²) >= 11 is 10.8. The van der Waals surface area contributed by atoms with E-state index in [-0.39, 0.29) is 11.1 Å². The van der Waals surface area contributed by atoms with Gasteiger partial charge in [-0.15, -0.1) is 0 Å². The van der Waals surface area contributed by atoms with Gasteiger partial charge in [-0.3, -0.25) is 9.36 Å². The lowest BCUT2D eigenvalue weighted by atomic mass is 10.1. The third-order valence-corrected chi connectivity index (χ3v) is 6.01. The number of thioether (sulfide) groups is 1. The molecule has 0 spiro atoms. The first kappa shape index (κ1) is 18.1. The molecule has 1 aliphatic heterocycles. The number of anilines is 1. The fourth-order valence-electron chi connectivity index (χ4n) is 2.84. The summed E-state index contributed by atoms with van der Waals surface area (Å²) in [6, 6.07) is 16.9. The highest BCUT2D eigenvalue weighted by Gasteiger charge is 2.24. The van der Waals surface area contributed by atoms with Gasteiger partial charge in [0.1, 0.15) is 18.3 Å². The number of fused-ring (bicyclic) bond motifs is 1. The van der Waals surface area contributed by atoms with Crippen LogP contribution in [0.25, 0.3) is 11.3 Å². The molecule has 0 radical (unpaired) electrons. The van der Waals surface area contributed by atoms with E-state index >= 15 is 0 Å². The quantitative estimate of drug-likeness (QED) is 0.519. The van der Waals surface area contributed by atoms with Gasteiger partial charge in [-0.05, 0) is 36.4 Å². The minimum absolute atomic E-state index is 0.0410. The van der Waals surface area contributed by atoms with Gasteiger partial charge in [0.15, 0.2) is 5.16 Å². The van der Waals surface area contributed by atoms with E-state index in [9.17, 15) is 10.1 Å².